The average Bonchev–Trinajstić information content (AvgIpc) is 2.46. The van der Waals surface area contributed by atoms with Gasteiger partial charge in [-0.05, 0) is 19.4 Å². The summed E-state index contributed by atoms with van der Waals surface area (Å²) in [6.45, 7) is 4.37. The van der Waals surface area contributed by atoms with Crippen LogP contribution in [0.4, 0.5) is 0 Å². The fraction of sp³-hybridized carbons (Fsp3) is 0.533. The van der Waals surface area contributed by atoms with Gasteiger partial charge in [0.05, 0.1) is 25.9 Å². The molecule has 1 aromatic rings. The minimum absolute atomic E-state index is 0.0420. The highest BCUT2D eigenvalue weighted by Gasteiger charge is 2.38. The van der Waals surface area contributed by atoms with Gasteiger partial charge in [0.2, 0.25) is 0 Å². The number of carbonyl (C=O) groups excluding carboxylic acids is 1. The predicted molar refractivity (Wildman–Crippen MR) is 76.2 cm³/mol. The zero-order chi connectivity index (χ0) is 15.0. The van der Waals surface area contributed by atoms with E-state index in [-0.39, 0.29) is 19.3 Å². The third kappa shape index (κ3) is 4.30. The zero-order valence-corrected chi connectivity index (χ0v) is 12.3. The van der Waals surface area contributed by atoms with E-state index < -0.39 is 11.5 Å². The molecule has 20 heavy (non-hydrogen) atoms. The van der Waals surface area contributed by atoms with E-state index in [1.807, 2.05) is 25.1 Å². The summed E-state index contributed by atoms with van der Waals surface area (Å²) >= 11 is 0. The molecule has 0 saturated carbocycles. The van der Waals surface area contributed by atoms with Crippen molar-refractivity contribution in [2.24, 2.45) is 5.73 Å². The molecule has 0 spiro atoms. The lowest BCUT2D eigenvalue weighted by Crippen LogP contribution is -2.50. The third-order valence-corrected chi connectivity index (χ3v) is 2.93. The van der Waals surface area contributed by atoms with Crippen molar-refractivity contribution in [2.75, 3.05) is 26.9 Å². The summed E-state index contributed by atoms with van der Waals surface area (Å²) in [6.07, 6.45) is -0.152. The number of ether oxygens (including phenoxy) is 3. The van der Waals surface area contributed by atoms with Gasteiger partial charge < -0.3 is 19.9 Å². The first-order chi connectivity index (χ1) is 9.54. The van der Waals surface area contributed by atoms with Crippen LogP contribution in [0.15, 0.2) is 30.3 Å². The smallest absolute Gasteiger partial charge is 0.333 e. The Kier molecular flexibility index (Phi) is 6.64. The van der Waals surface area contributed by atoms with Crippen LogP contribution in [0.1, 0.15) is 19.4 Å². The van der Waals surface area contributed by atoms with Crippen LogP contribution in [0.3, 0.4) is 0 Å². The molecule has 1 aromatic carbocycles. The molecule has 112 valence electrons. The lowest BCUT2D eigenvalue weighted by atomic mass is 9.92. The molecule has 0 saturated heterocycles. The molecular weight excluding hydrogens is 258 g/mol. The van der Waals surface area contributed by atoms with Gasteiger partial charge >= 0.3 is 5.97 Å². The summed E-state index contributed by atoms with van der Waals surface area (Å²) in [6, 6.07) is 9.11. The van der Waals surface area contributed by atoms with Crippen molar-refractivity contribution in [3.8, 4) is 0 Å². The van der Waals surface area contributed by atoms with Gasteiger partial charge in [-0.15, -0.1) is 0 Å². The minimum atomic E-state index is -1.31. The fourth-order valence-corrected chi connectivity index (χ4v) is 1.81. The molecule has 0 amide bonds. The van der Waals surface area contributed by atoms with Crippen LogP contribution < -0.4 is 5.73 Å². The van der Waals surface area contributed by atoms with Gasteiger partial charge in [0.15, 0.2) is 5.54 Å². The molecule has 5 heteroatoms. The summed E-state index contributed by atoms with van der Waals surface area (Å²) in [5, 5.41) is 0. The SMILES string of the molecule is CCOC(=O)C(N)(COC(C)COC)c1ccccc1. The number of hydrogen-bond donors (Lipinski definition) is 1. The van der Waals surface area contributed by atoms with Crippen LogP contribution in [-0.4, -0.2) is 39.0 Å². The molecule has 1 rings (SSSR count). The molecular formula is C15H23NO4. The highest BCUT2D eigenvalue weighted by Crippen LogP contribution is 2.21. The van der Waals surface area contributed by atoms with Gasteiger partial charge in [-0.25, -0.2) is 4.79 Å². The van der Waals surface area contributed by atoms with E-state index >= 15 is 0 Å². The van der Waals surface area contributed by atoms with E-state index in [4.69, 9.17) is 19.9 Å². The zero-order valence-electron chi connectivity index (χ0n) is 12.3. The first-order valence-corrected chi connectivity index (χ1v) is 6.66. The number of rotatable bonds is 8. The van der Waals surface area contributed by atoms with E-state index in [9.17, 15) is 4.79 Å². The maximum Gasteiger partial charge on any atom is 0.333 e. The Hall–Kier alpha value is -1.43. The Bertz CT molecular complexity index is 410. The third-order valence-electron chi connectivity index (χ3n) is 2.93. The second-order valence-corrected chi connectivity index (χ2v) is 4.63. The number of hydrogen-bond acceptors (Lipinski definition) is 5. The summed E-state index contributed by atoms with van der Waals surface area (Å²) in [7, 11) is 1.60. The summed E-state index contributed by atoms with van der Waals surface area (Å²) in [5.74, 6) is -0.490. The molecule has 0 aliphatic rings. The first kappa shape index (κ1) is 16.6. The predicted octanol–water partition coefficient (Wildman–Crippen LogP) is 1.46. The summed E-state index contributed by atoms with van der Waals surface area (Å²) < 4.78 is 15.7. The fourth-order valence-electron chi connectivity index (χ4n) is 1.81. The van der Waals surface area contributed by atoms with Crippen LogP contribution in [0.2, 0.25) is 0 Å². The second-order valence-electron chi connectivity index (χ2n) is 4.63. The van der Waals surface area contributed by atoms with Crippen molar-refractivity contribution in [3.63, 3.8) is 0 Å². The van der Waals surface area contributed by atoms with Crippen molar-refractivity contribution >= 4 is 5.97 Å². The van der Waals surface area contributed by atoms with Crippen molar-refractivity contribution in [2.45, 2.75) is 25.5 Å². The lowest BCUT2D eigenvalue weighted by molar-refractivity contribution is -0.154. The van der Waals surface area contributed by atoms with Crippen molar-refractivity contribution in [1.82, 2.24) is 0 Å². The van der Waals surface area contributed by atoms with E-state index in [1.54, 1.807) is 26.2 Å². The quantitative estimate of drug-likeness (QED) is 0.730. The summed E-state index contributed by atoms with van der Waals surface area (Å²) in [5.41, 5.74) is 5.62. The molecule has 5 nitrogen and oxygen atoms in total. The van der Waals surface area contributed by atoms with Gasteiger partial charge in [0.25, 0.3) is 0 Å². The number of benzene rings is 1. The van der Waals surface area contributed by atoms with Gasteiger partial charge in [0, 0.05) is 7.11 Å². The highest BCUT2D eigenvalue weighted by molar-refractivity contribution is 5.82. The molecule has 2 unspecified atom stereocenters. The largest absolute Gasteiger partial charge is 0.464 e. The minimum Gasteiger partial charge on any atom is -0.464 e. The Morgan fingerprint density at radius 1 is 1.35 bits per heavy atom. The molecule has 0 aliphatic heterocycles. The standard InChI is InChI=1S/C15H23NO4/c1-4-19-14(17)15(16,11-20-12(2)10-18-3)13-8-6-5-7-9-13/h5-9,12H,4,10-11,16H2,1-3H3. The molecule has 0 aromatic heterocycles. The van der Waals surface area contributed by atoms with Crippen LogP contribution in [-0.2, 0) is 24.5 Å². The van der Waals surface area contributed by atoms with Crippen LogP contribution >= 0.6 is 0 Å². The van der Waals surface area contributed by atoms with Gasteiger partial charge in [0.1, 0.15) is 0 Å². The summed E-state index contributed by atoms with van der Waals surface area (Å²) in [4.78, 5) is 12.2. The maximum absolute atomic E-state index is 12.2. The number of nitrogens with two attached hydrogens (primary N) is 1. The Morgan fingerprint density at radius 2 is 2.00 bits per heavy atom. The van der Waals surface area contributed by atoms with E-state index in [2.05, 4.69) is 0 Å². The van der Waals surface area contributed by atoms with E-state index in [0.29, 0.717) is 12.2 Å². The van der Waals surface area contributed by atoms with E-state index in [1.165, 1.54) is 0 Å². The Labute approximate surface area is 120 Å². The van der Waals surface area contributed by atoms with Crippen LogP contribution in [0.25, 0.3) is 0 Å². The highest BCUT2D eigenvalue weighted by atomic mass is 16.5. The number of esters is 1. The van der Waals surface area contributed by atoms with Crippen LogP contribution in [0, 0.1) is 0 Å². The van der Waals surface area contributed by atoms with Crippen LogP contribution in [0.5, 0.6) is 0 Å². The molecule has 0 radical (unpaired) electrons. The Morgan fingerprint density at radius 3 is 2.55 bits per heavy atom. The lowest BCUT2D eigenvalue weighted by Gasteiger charge is -2.28. The number of carbonyl (C=O) groups is 1. The molecule has 2 atom stereocenters. The van der Waals surface area contributed by atoms with Gasteiger partial charge in [-0.1, -0.05) is 30.3 Å². The topological polar surface area (TPSA) is 70.8 Å². The van der Waals surface area contributed by atoms with Gasteiger partial charge in [-0.2, -0.15) is 0 Å². The Balaban J connectivity index is 2.88. The monoisotopic (exact) mass is 281 g/mol. The molecule has 0 heterocycles. The molecule has 0 bridgehead atoms. The first-order valence-electron chi connectivity index (χ1n) is 6.66. The molecule has 2 N–H and O–H groups in total. The van der Waals surface area contributed by atoms with E-state index in [0.717, 1.165) is 0 Å². The molecule has 0 aliphatic carbocycles. The van der Waals surface area contributed by atoms with Crippen molar-refractivity contribution in [3.05, 3.63) is 35.9 Å². The normalized spacial score (nSPS) is 15.4. The molecule has 0 fully saturated rings. The second kappa shape index (κ2) is 7.99. The maximum atomic E-state index is 12.2. The van der Waals surface area contributed by atoms with Crippen molar-refractivity contribution in [1.29, 1.82) is 0 Å². The average molecular weight is 281 g/mol. The number of methoxy groups -OCH3 is 1. The van der Waals surface area contributed by atoms with Gasteiger partial charge in [-0.3, -0.25) is 0 Å². The van der Waals surface area contributed by atoms with Crippen molar-refractivity contribution < 1.29 is 19.0 Å².